The lowest BCUT2D eigenvalue weighted by atomic mass is 10.1. The van der Waals surface area contributed by atoms with E-state index in [1.807, 2.05) is 11.0 Å². The highest BCUT2D eigenvalue weighted by atomic mass is 35.5. The third-order valence-corrected chi connectivity index (χ3v) is 3.56. The summed E-state index contributed by atoms with van der Waals surface area (Å²) < 4.78 is 0. The first-order chi connectivity index (χ1) is 9.24. The van der Waals surface area contributed by atoms with E-state index in [1.165, 1.54) is 0 Å². The van der Waals surface area contributed by atoms with Crippen LogP contribution in [0.5, 0.6) is 0 Å². The van der Waals surface area contributed by atoms with Gasteiger partial charge in [0.05, 0.1) is 0 Å². The maximum atomic E-state index is 12.5. The van der Waals surface area contributed by atoms with Gasteiger partial charge in [-0.05, 0) is 31.0 Å². The minimum Gasteiger partial charge on any atom is -0.337 e. The molecule has 1 aromatic heterocycles. The quantitative estimate of drug-likeness (QED) is 0.831. The van der Waals surface area contributed by atoms with Crippen LogP contribution in [0.3, 0.4) is 0 Å². The number of nitrogens with two attached hydrogens (primary N) is 1. The van der Waals surface area contributed by atoms with Crippen LogP contribution < -0.4 is 5.73 Å². The average Bonchev–Trinajstić information content (AvgIpc) is 2.78. The molecule has 3 rings (SSSR count). The fraction of sp³-hybridized carbons (Fsp3) is 0.462. The number of fused-ring (bicyclic) bond motifs is 1. The van der Waals surface area contributed by atoms with E-state index in [9.17, 15) is 4.79 Å². The number of aromatic amines is 1. The van der Waals surface area contributed by atoms with Crippen molar-refractivity contribution < 1.29 is 4.79 Å². The van der Waals surface area contributed by atoms with Gasteiger partial charge in [-0.1, -0.05) is 6.42 Å². The Morgan fingerprint density at radius 3 is 2.95 bits per heavy atom. The van der Waals surface area contributed by atoms with Gasteiger partial charge in [0.2, 0.25) is 0 Å². The highest BCUT2D eigenvalue weighted by Gasteiger charge is 2.21. The summed E-state index contributed by atoms with van der Waals surface area (Å²) >= 11 is 0. The first kappa shape index (κ1) is 14.7. The highest BCUT2D eigenvalue weighted by molar-refractivity contribution is 5.97. The monoisotopic (exact) mass is 295 g/mol. The molecule has 1 aromatic carbocycles. The number of nitrogens with one attached hydrogen (secondary N) is 1. The van der Waals surface area contributed by atoms with Gasteiger partial charge in [0, 0.05) is 24.7 Å². The summed E-state index contributed by atoms with van der Waals surface area (Å²) in [4.78, 5) is 14.3. The van der Waals surface area contributed by atoms with Crippen molar-refractivity contribution in [2.24, 2.45) is 5.73 Å². The van der Waals surface area contributed by atoms with Crippen LogP contribution >= 0.6 is 12.4 Å². The van der Waals surface area contributed by atoms with Gasteiger partial charge >= 0.3 is 0 Å². The number of H-pyrrole nitrogens is 1. The molecule has 2 aromatic rings. The van der Waals surface area contributed by atoms with Gasteiger partial charge in [-0.15, -0.1) is 12.4 Å². The summed E-state index contributed by atoms with van der Waals surface area (Å²) in [5.41, 5.74) is 8.12. The molecule has 0 bridgehead atoms. The third kappa shape index (κ3) is 2.91. The van der Waals surface area contributed by atoms with E-state index in [1.54, 1.807) is 12.1 Å². The first-order valence-corrected chi connectivity index (χ1v) is 6.59. The van der Waals surface area contributed by atoms with Crippen molar-refractivity contribution in [2.45, 2.75) is 25.3 Å². The number of likely N-dealkylation sites (tertiary alicyclic amines) is 1. The minimum absolute atomic E-state index is 0. The van der Waals surface area contributed by atoms with Gasteiger partial charge in [0.1, 0.15) is 11.0 Å². The Kier molecular flexibility index (Phi) is 4.57. The van der Waals surface area contributed by atoms with Crippen LogP contribution in [-0.4, -0.2) is 45.3 Å². The summed E-state index contributed by atoms with van der Waals surface area (Å²) in [6.45, 7) is 1.42. The van der Waals surface area contributed by atoms with Crippen LogP contribution in [0.2, 0.25) is 0 Å². The maximum Gasteiger partial charge on any atom is 0.253 e. The van der Waals surface area contributed by atoms with Gasteiger partial charge < -0.3 is 10.6 Å². The molecule has 1 aliphatic heterocycles. The molecule has 0 spiro atoms. The molecule has 1 aliphatic rings. The molecule has 0 aliphatic carbocycles. The number of halogens is 1. The molecule has 108 valence electrons. The lowest BCUT2D eigenvalue weighted by Crippen LogP contribution is -2.39. The molecular weight excluding hydrogens is 278 g/mol. The zero-order chi connectivity index (χ0) is 13.2. The molecule has 1 saturated heterocycles. The second-order valence-electron chi connectivity index (χ2n) is 5.03. The van der Waals surface area contributed by atoms with E-state index in [-0.39, 0.29) is 24.4 Å². The number of hydrogen-bond donors (Lipinski definition) is 2. The van der Waals surface area contributed by atoms with Crippen LogP contribution in [0.1, 0.15) is 29.6 Å². The predicted octanol–water partition coefficient (Wildman–Crippen LogP) is 1.33. The van der Waals surface area contributed by atoms with E-state index in [4.69, 9.17) is 5.73 Å². The van der Waals surface area contributed by atoms with Crippen LogP contribution in [0.4, 0.5) is 0 Å². The fourth-order valence-corrected chi connectivity index (χ4v) is 2.52. The van der Waals surface area contributed by atoms with Crippen LogP contribution in [0.25, 0.3) is 11.0 Å². The molecule has 6 nitrogen and oxygen atoms in total. The van der Waals surface area contributed by atoms with E-state index in [0.717, 1.165) is 31.3 Å². The standard InChI is InChI=1S/C13H17N5O.ClH/c14-10-3-1-2-6-18(8-10)13(19)9-4-5-11-12(7-9)16-17-15-11;/h4-5,7,10H,1-3,6,8,14H2,(H,15,16,17);1H. The SMILES string of the molecule is Cl.NC1CCCCN(C(=O)c2ccc3n[nH]nc3c2)C1. The van der Waals surface area contributed by atoms with Gasteiger partial charge in [-0.2, -0.15) is 15.4 Å². The number of carbonyl (C=O) groups excluding carboxylic acids is 1. The molecule has 2 heterocycles. The number of nitrogens with zero attached hydrogens (tertiary/aromatic N) is 3. The Morgan fingerprint density at radius 2 is 2.10 bits per heavy atom. The van der Waals surface area contributed by atoms with Crippen LogP contribution in [-0.2, 0) is 0 Å². The number of carbonyl (C=O) groups is 1. The largest absolute Gasteiger partial charge is 0.337 e. The number of hydrogen-bond acceptors (Lipinski definition) is 4. The third-order valence-electron chi connectivity index (χ3n) is 3.56. The molecule has 1 amide bonds. The summed E-state index contributed by atoms with van der Waals surface area (Å²) in [6.07, 6.45) is 3.10. The predicted molar refractivity (Wildman–Crippen MR) is 78.9 cm³/mol. The molecule has 0 saturated carbocycles. The van der Waals surface area contributed by atoms with Crippen molar-refractivity contribution in [3.05, 3.63) is 23.8 Å². The van der Waals surface area contributed by atoms with Crippen molar-refractivity contribution >= 4 is 29.3 Å². The first-order valence-electron chi connectivity index (χ1n) is 6.59. The van der Waals surface area contributed by atoms with E-state index in [2.05, 4.69) is 15.4 Å². The lowest BCUT2D eigenvalue weighted by Gasteiger charge is -2.22. The number of rotatable bonds is 1. The van der Waals surface area contributed by atoms with Gasteiger partial charge in [-0.25, -0.2) is 0 Å². The molecule has 20 heavy (non-hydrogen) atoms. The molecule has 0 radical (unpaired) electrons. The Labute approximate surface area is 123 Å². The molecule has 7 heteroatoms. The van der Waals surface area contributed by atoms with E-state index in [0.29, 0.717) is 17.6 Å². The Hall–Kier alpha value is -1.66. The summed E-state index contributed by atoms with van der Waals surface area (Å²) in [5.74, 6) is 0.0299. The van der Waals surface area contributed by atoms with E-state index < -0.39 is 0 Å². The summed E-state index contributed by atoms with van der Waals surface area (Å²) in [7, 11) is 0. The Morgan fingerprint density at radius 1 is 1.30 bits per heavy atom. The second-order valence-corrected chi connectivity index (χ2v) is 5.03. The Balaban J connectivity index is 0.00000147. The minimum atomic E-state index is 0. The highest BCUT2D eigenvalue weighted by Crippen LogP contribution is 2.16. The zero-order valence-electron chi connectivity index (χ0n) is 11.1. The van der Waals surface area contributed by atoms with E-state index >= 15 is 0 Å². The average molecular weight is 296 g/mol. The second kappa shape index (κ2) is 6.19. The molecular formula is C13H18ClN5O. The van der Waals surface area contributed by atoms with Gasteiger partial charge in [0.15, 0.2) is 0 Å². The smallest absolute Gasteiger partial charge is 0.253 e. The molecule has 3 N–H and O–H groups in total. The van der Waals surface area contributed by atoms with Crippen molar-refractivity contribution in [3.63, 3.8) is 0 Å². The van der Waals surface area contributed by atoms with Crippen molar-refractivity contribution in [1.82, 2.24) is 20.3 Å². The van der Waals surface area contributed by atoms with Gasteiger partial charge in [0.25, 0.3) is 5.91 Å². The van der Waals surface area contributed by atoms with Gasteiger partial charge in [-0.3, -0.25) is 4.79 Å². The van der Waals surface area contributed by atoms with Crippen LogP contribution in [0, 0.1) is 0 Å². The number of aromatic nitrogens is 3. The number of amides is 1. The molecule has 1 fully saturated rings. The topological polar surface area (TPSA) is 87.9 Å². The van der Waals surface area contributed by atoms with Crippen LogP contribution in [0.15, 0.2) is 18.2 Å². The van der Waals surface area contributed by atoms with Crippen molar-refractivity contribution in [3.8, 4) is 0 Å². The maximum absolute atomic E-state index is 12.5. The van der Waals surface area contributed by atoms with Crippen molar-refractivity contribution in [1.29, 1.82) is 0 Å². The summed E-state index contributed by atoms with van der Waals surface area (Å²) in [5, 5.41) is 10.5. The lowest BCUT2D eigenvalue weighted by molar-refractivity contribution is 0.0755. The fourth-order valence-electron chi connectivity index (χ4n) is 2.52. The molecule has 1 atom stereocenters. The normalized spacial score (nSPS) is 19.4. The zero-order valence-corrected chi connectivity index (χ0v) is 11.9. The van der Waals surface area contributed by atoms with Crippen molar-refractivity contribution in [2.75, 3.05) is 13.1 Å². The Bertz CT molecular complexity index is 599. The number of benzene rings is 1. The molecule has 1 unspecified atom stereocenters. The summed E-state index contributed by atoms with van der Waals surface area (Å²) in [6, 6.07) is 5.47.